The van der Waals surface area contributed by atoms with Crippen LogP contribution in [0, 0.1) is 5.92 Å². The maximum absolute atomic E-state index is 12.5. The summed E-state index contributed by atoms with van der Waals surface area (Å²) in [5.74, 6) is -0.432. The molecule has 0 bridgehead atoms. The summed E-state index contributed by atoms with van der Waals surface area (Å²) in [5, 5.41) is 25.5. The monoisotopic (exact) mass is 344 g/mol. The SMILES string of the molecule is C[C@@H]1CCN(C(=O)Cn2cc(C(=O)O)nn2)C[C@@H]1c1ccc(O)cc1. The average molecular weight is 344 g/mol. The molecule has 0 aliphatic carbocycles. The Labute approximate surface area is 144 Å². The molecule has 25 heavy (non-hydrogen) atoms. The normalized spacial score (nSPS) is 20.4. The molecule has 1 fully saturated rings. The van der Waals surface area contributed by atoms with E-state index in [1.165, 1.54) is 10.9 Å². The second-order valence-corrected chi connectivity index (χ2v) is 6.41. The van der Waals surface area contributed by atoms with E-state index in [0.717, 1.165) is 12.0 Å². The molecule has 1 aromatic heterocycles. The van der Waals surface area contributed by atoms with Crippen molar-refractivity contribution in [1.82, 2.24) is 19.9 Å². The zero-order valence-electron chi connectivity index (χ0n) is 13.9. The standard InChI is InChI=1S/C17H20N4O4/c1-11-6-7-20(8-14(11)12-2-4-13(22)5-3-12)16(23)10-21-9-15(17(24)25)18-19-21/h2-5,9,11,14,22H,6-8,10H2,1H3,(H,24,25)/t11-,14+/m1/s1. The summed E-state index contributed by atoms with van der Waals surface area (Å²) in [6.45, 7) is 3.38. The minimum atomic E-state index is -1.17. The first-order chi connectivity index (χ1) is 11.9. The zero-order valence-corrected chi connectivity index (χ0v) is 13.9. The third kappa shape index (κ3) is 3.78. The largest absolute Gasteiger partial charge is 0.508 e. The fourth-order valence-corrected chi connectivity index (χ4v) is 3.16. The van der Waals surface area contributed by atoms with Gasteiger partial charge in [-0.3, -0.25) is 4.79 Å². The Morgan fingerprint density at radius 1 is 1.28 bits per heavy atom. The van der Waals surface area contributed by atoms with Crippen molar-refractivity contribution < 1.29 is 19.8 Å². The van der Waals surface area contributed by atoms with E-state index in [2.05, 4.69) is 17.2 Å². The van der Waals surface area contributed by atoms with Crippen molar-refractivity contribution in [2.75, 3.05) is 13.1 Å². The van der Waals surface area contributed by atoms with Crippen LogP contribution in [0.15, 0.2) is 30.5 Å². The topological polar surface area (TPSA) is 109 Å². The lowest BCUT2D eigenvalue weighted by Crippen LogP contribution is -2.43. The number of piperidine rings is 1. The van der Waals surface area contributed by atoms with Crippen molar-refractivity contribution in [3.8, 4) is 5.75 Å². The molecule has 2 aromatic rings. The number of hydrogen-bond donors (Lipinski definition) is 2. The number of rotatable bonds is 4. The highest BCUT2D eigenvalue weighted by Crippen LogP contribution is 2.32. The van der Waals surface area contributed by atoms with Crippen LogP contribution in [0.2, 0.25) is 0 Å². The van der Waals surface area contributed by atoms with Gasteiger partial charge in [0.05, 0.1) is 6.20 Å². The molecule has 1 amide bonds. The molecule has 8 heteroatoms. The van der Waals surface area contributed by atoms with Gasteiger partial charge in [-0.1, -0.05) is 24.3 Å². The average Bonchev–Trinajstić information content (AvgIpc) is 3.05. The van der Waals surface area contributed by atoms with Crippen LogP contribution in [0.25, 0.3) is 0 Å². The van der Waals surface area contributed by atoms with Gasteiger partial charge in [0.2, 0.25) is 5.91 Å². The fraction of sp³-hybridized carbons (Fsp3) is 0.412. The Kier molecular flexibility index (Phi) is 4.69. The number of phenols is 1. The van der Waals surface area contributed by atoms with E-state index >= 15 is 0 Å². The second kappa shape index (κ2) is 6.92. The molecule has 2 N–H and O–H groups in total. The number of carboxylic acids is 1. The first-order valence-electron chi connectivity index (χ1n) is 8.14. The van der Waals surface area contributed by atoms with Gasteiger partial charge in [0.15, 0.2) is 5.69 Å². The maximum Gasteiger partial charge on any atom is 0.358 e. The predicted octanol–water partition coefficient (Wildman–Crippen LogP) is 1.33. The van der Waals surface area contributed by atoms with Gasteiger partial charge in [-0.05, 0) is 30.0 Å². The third-order valence-electron chi connectivity index (χ3n) is 4.69. The van der Waals surface area contributed by atoms with Gasteiger partial charge in [-0.2, -0.15) is 0 Å². The molecule has 3 rings (SSSR count). The molecule has 0 saturated carbocycles. The molecule has 2 heterocycles. The van der Waals surface area contributed by atoms with E-state index in [9.17, 15) is 14.7 Å². The molecule has 2 atom stereocenters. The maximum atomic E-state index is 12.5. The summed E-state index contributed by atoms with van der Waals surface area (Å²) >= 11 is 0. The Morgan fingerprint density at radius 2 is 2.00 bits per heavy atom. The Bertz CT molecular complexity index is 771. The van der Waals surface area contributed by atoms with Crippen molar-refractivity contribution in [2.45, 2.75) is 25.8 Å². The van der Waals surface area contributed by atoms with Crippen LogP contribution < -0.4 is 0 Å². The molecule has 1 saturated heterocycles. The Morgan fingerprint density at radius 3 is 2.64 bits per heavy atom. The van der Waals surface area contributed by atoms with Gasteiger partial charge in [0.25, 0.3) is 0 Å². The molecule has 1 aromatic carbocycles. The minimum absolute atomic E-state index is 0.0308. The smallest absolute Gasteiger partial charge is 0.358 e. The van der Waals surface area contributed by atoms with E-state index in [-0.39, 0.29) is 29.8 Å². The molecule has 0 radical (unpaired) electrons. The van der Waals surface area contributed by atoms with Crippen LogP contribution in [0.4, 0.5) is 0 Å². The van der Waals surface area contributed by atoms with Gasteiger partial charge in [0, 0.05) is 19.0 Å². The highest BCUT2D eigenvalue weighted by molar-refractivity contribution is 5.84. The van der Waals surface area contributed by atoms with Crippen molar-refractivity contribution in [1.29, 1.82) is 0 Å². The van der Waals surface area contributed by atoms with Crippen molar-refractivity contribution in [3.63, 3.8) is 0 Å². The number of carbonyl (C=O) groups excluding carboxylic acids is 1. The van der Waals surface area contributed by atoms with Crippen LogP contribution in [-0.2, 0) is 11.3 Å². The number of amides is 1. The predicted molar refractivity (Wildman–Crippen MR) is 88.2 cm³/mol. The molecule has 8 nitrogen and oxygen atoms in total. The number of benzene rings is 1. The van der Waals surface area contributed by atoms with E-state index in [4.69, 9.17) is 5.11 Å². The number of carboxylic acid groups (broad SMARTS) is 1. The first kappa shape index (κ1) is 16.9. The summed E-state index contributed by atoms with van der Waals surface area (Å²) in [7, 11) is 0. The highest BCUT2D eigenvalue weighted by Gasteiger charge is 2.30. The summed E-state index contributed by atoms with van der Waals surface area (Å²) < 4.78 is 1.25. The van der Waals surface area contributed by atoms with E-state index < -0.39 is 5.97 Å². The summed E-state index contributed by atoms with van der Waals surface area (Å²) in [5.41, 5.74) is 0.916. The Hall–Kier alpha value is -2.90. The lowest BCUT2D eigenvalue weighted by Gasteiger charge is -2.37. The van der Waals surface area contributed by atoms with E-state index in [1.54, 1.807) is 17.0 Å². The van der Waals surface area contributed by atoms with Gasteiger partial charge in [-0.25, -0.2) is 9.48 Å². The second-order valence-electron chi connectivity index (χ2n) is 6.41. The number of nitrogens with zero attached hydrogens (tertiary/aromatic N) is 4. The van der Waals surface area contributed by atoms with Gasteiger partial charge in [0.1, 0.15) is 12.3 Å². The van der Waals surface area contributed by atoms with Crippen LogP contribution >= 0.6 is 0 Å². The number of aromatic hydroxyl groups is 1. The summed E-state index contributed by atoms with van der Waals surface area (Å²) in [6, 6.07) is 7.10. The highest BCUT2D eigenvalue weighted by atomic mass is 16.4. The lowest BCUT2D eigenvalue weighted by atomic mass is 9.82. The summed E-state index contributed by atoms with van der Waals surface area (Å²) in [4.78, 5) is 25.1. The number of likely N-dealkylation sites (tertiary alicyclic amines) is 1. The Balaban J connectivity index is 1.68. The number of carbonyl (C=O) groups is 2. The summed E-state index contributed by atoms with van der Waals surface area (Å²) in [6.07, 6.45) is 2.14. The van der Waals surface area contributed by atoms with Gasteiger partial charge >= 0.3 is 5.97 Å². The molecule has 0 unspecified atom stereocenters. The van der Waals surface area contributed by atoms with Crippen molar-refractivity contribution in [2.24, 2.45) is 5.92 Å². The molecule has 132 valence electrons. The van der Waals surface area contributed by atoms with Crippen LogP contribution in [-0.4, -0.2) is 55.1 Å². The lowest BCUT2D eigenvalue weighted by molar-refractivity contribution is -0.133. The molecule has 0 spiro atoms. The van der Waals surface area contributed by atoms with Crippen molar-refractivity contribution in [3.05, 3.63) is 41.7 Å². The van der Waals surface area contributed by atoms with E-state index in [0.29, 0.717) is 19.0 Å². The van der Waals surface area contributed by atoms with E-state index in [1.807, 2.05) is 12.1 Å². The number of phenolic OH excluding ortho intramolecular Hbond substituents is 1. The molecular formula is C17H20N4O4. The molecule has 1 aliphatic rings. The fourth-order valence-electron chi connectivity index (χ4n) is 3.16. The van der Waals surface area contributed by atoms with Gasteiger partial charge in [-0.15, -0.1) is 5.10 Å². The number of aromatic nitrogens is 3. The minimum Gasteiger partial charge on any atom is -0.508 e. The van der Waals surface area contributed by atoms with Gasteiger partial charge < -0.3 is 15.1 Å². The van der Waals surface area contributed by atoms with Crippen molar-refractivity contribution >= 4 is 11.9 Å². The van der Waals surface area contributed by atoms with Crippen LogP contribution in [0.3, 0.4) is 0 Å². The number of aromatic carboxylic acids is 1. The first-order valence-corrected chi connectivity index (χ1v) is 8.14. The molecular weight excluding hydrogens is 324 g/mol. The van der Waals surface area contributed by atoms with Crippen LogP contribution in [0.5, 0.6) is 5.75 Å². The third-order valence-corrected chi connectivity index (χ3v) is 4.69. The van der Waals surface area contributed by atoms with Crippen LogP contribution in [0.1, 0.15) is 35.3 Å². The molecule has 1 aliphatic heterocycles. The zero-order chi connectivity index (χ0) is 18.0. The number of hydrogen-bond acceptors (Lipinski definition) is 5. The quantitative estimate of drug-likeness (QED) is 0.866.